The predicted molar refractivity (Wildman–Crippen MR) is 65.3 cm³/mol. The Morgan fingerprint density at radius 1 is 0.762 bits per heavy atom. The van der Waals surface area contributed by atoms with Crippen molar-refractivity contribution in [3.05, 3.63) is 30.3 Å². The highest BCUT2D eigenvalue weighted by molar-refractivity contribution is 4.83. The maximum absolute atomic E-state index is 10.3. The maximum atomic E-state index is 10.3. The van der Waals surface area contributed by atoms with E-state index < -0.39 is 45.9 Å². The summed E-state index contributed by atoms with van der Waals surface area (Å²) in [6.07, 6.45) is 0.107. The largest absolute Gasteiger partial charge is 0.313 e. The van der Waals surface area contributed by atoms with Crippen molar-refractivity contribution in [1.29, 1.82) is 0 Å². The number of hydrogen-bond donors (Lipinski definition) is 0. The van der Waals surface area contributed by atoms with E-state index in [0.717, 1.165) is 0 Å². The van der Waals surface area contributed by atoms with E-state index in [1.165, 1.54) is 0 Å². The van der Waals surface area contributed by atoms with E-state index in [0.29, 0.717) is 0 Å². The van der Waals surface area contributed by atoms with Crippen molar-refractivity contribution in [3.63, 3.8) is 0 Å². The quantitative estimate of drug-likeness (QED) is 0.424. The maximum Gasteiger partial charge on any atom is 0.294 e. The fraction of sp³-hybridized carbons (Fsp3) is 1.00. The van der Waals surface area contributed by atoms with E-state index in [4.69, 9.17) is 0 Å². The third kappa shape index (κ3) is 9.18. The molecule has 12 nitrogen and oxygen atoms in total. The highest BCUT2D eigenvalue weighted by Crippen LogP contribution is 2.35. The molecule has 0 rings (SSSR count). The molecule has 0 heterocycles. The zero-order chi connectivity index (χ0) is 16.7. The minimum Gasteiger partial charge on any atom is -0.313 e. The fourth-order valence-corrected chi connectivity index (χ4v) is 1.97. The van der Waals surface area contributed by atoms with E-state index in [2.05, 4.69) is 14.5 Å². The lowest BCUT2D eigenvalue weighted by Crippen LogP contribution is -2.42. The Balaban J connectivity index is 5.17. The van der Waals surface area contributed by atoms with Gasteiger partial charge in [-0.25, -0.2) is 0 Å². The first-order valence-electron chi connectivity index (χ1n) is 5.78. The van der Waals surface area contributed by atoms with Gasteiger partial charge in [0, 0.05) is 5.41 Å². The lowest BCUT2D eigenvalue weighted by atomic mass is 9.75. The Kier molecular flexibility index (Phi) is 6.55. The van der Waals surface area contributed by atoms with Crippen LogP contribution in [0.25, 0.3) is 0 Å². The predicted octanol–water partition coefficient (Wildman–Crippen LogP) is 1.03. The number of hydrogen-bond acceptors (Lipinski definition) is 9. The van der Waals surface area contributed by atoms with Crippen LogP contribution in [0.4, 0.5) is 0 Å². The van der Waals surface area contributed by atoms with Crippen LogP contribution in [-0.2, 0) is 14.5 Å². The van der Waals surface area contributed by atoms with Gasteiger partial charge in [-0.2, -0.15) is 0 Å². The average Bonchev–Trinajstić information content (AvgIpc) is 2.29. The SMILES string of the molecule is CC(C)(C)CC(CO[N+](=O)[O-])(CO[N+](=O)[O-])CO[N+](=O)[O-]. The van der Waals surface area contributed by atoms with Gasteiger partial charge in [0.2, 0.25) is 0 Å². The second-order valence-corrected chi connectivity index (χ2v) is 5.73. The van der Waals surface area contributed by atoms with Gasteiger partial charge in [0.25, 0.3) is 15.3 Å². The van der Waals surface area contributed by atoms with Gasteiger partial charge in [0.05, 0.1) is 0 Å². The average molecular weight is 311 g/mol. The Morgan fingerprint density at radius 3 is 1.24 bits per heavy atom. The topological polar surface area (TPSA) is 157 Å². The molecule has 0 atom stereocenters. The van der Waals surface area contributed by atoms with Gasteiger partial charge in [-0.05, 0) is 11.8 Å². The molecule has 0 N–H and O–H groups in total. The van der Waals surface area contributed by atoms with Crippen LogP contribution < -0.4 is 0 Å². The van der Waals surface area contributed by atoms with E-state index in [9.17, 15) is 30.3 Å². The molecule has 0 aromatic heterocycles. The highest BCUT2D eigenvalue weighted by Gasteiger charge is 2.38. The summed E-state index contributed by atoms with van der Waals surface area (Å²) in [6.45, 7) is 3.39. The van der Waals surface area contributed by atoms with Gasteiger partial charge in [-0.3, -0.25) is 0 Å². The molecule has 0 aliphatic rings. The second kappa shape index (κ2) is 7.40. The minimum absolute atomic E-state index is 0.107. The smallest absolute Gasteiger partial charge is 0.294 e. The lowest BCUT2D eigenvalue weighted by molar-refractivity contribution is -0.782. The second-order valence-electron chi connectivity index (χ2n) is 5.73. The molecule has 0 spiro atoms. The van der Waals surface area contributed by atoms with Crippen LogP contribution in [0.15, 0.2) is 0 Å². The molecule has 0 aliphatic heterocycles. The molecule has 0 radical (unpaired) electrons. The number of rotatable bonds is 10. The fourth-order valence-electron chi connectivity index (χ4n) is 1.97. The van der Waals surface area contributed by atoms with Crippen LogP contribution in [0.3, 0.4) is 0 Å². The molecule has 12 heteroatoms. The summed E-state index contributed by atoms with van der Waals surface area (Å²) in [6, 6.07) is 0. The Morgan fingerprint density at radius 2 is 1.05 bits per heavy atom. The molecule has 0 bridgehead atoms. The monoisotopic (exact) mass is 311 g/mol. The summed E-state index contributed by atoms with van der Waals surface area (Å²) in [5.41, 5.74) is -1.87. The van der Waals surface area contributed by atoms with Crippen LogP contribution >= 0.6 is 0 Å². The summed E-state index contributed by atoms with van der Waals surface area (Å²) in [5.74, 6) is 0. The van der Waals surface area contributed by atoms with Gasteiger partial charge in [0.1, 0.15) is 19.8 Å². The zero-order valence-electron chi connectivity index (χ0n) is 11.8. The van der Waals surface area contributed by atoms with Crippen LogP contribution in [0.2, 0.25) is 0 Å². The van der Waals surface area contributed by atoms with E-state index >= 15 is 0 Å². The first-order valence-corrected chi connectivity index (χ1v) is 5.78. The van der Waals surface area contributed by atoms with Crippen molar-refractivity contribution in [2.75, 3.05) is 19.8 Å². The van der Waals surface area contributed by atoms with Crippen molar-refractivity contribution in [2.24, 2.45) is 10.8 Å². The molecule has 0 unspecified atom stereocenters. The van der Waals surface area contributed by atoms with E-state index in [1.807, 2.05) is 0 Å². The molecule has 0 aliphatic carbocycles. The Hall–Kier alpha value is -2.40. The summed E-state index contributed by atoms with van der Waals surface area (Å²) in [4.78, 5) is 43.7. The van der Waals surface area contributed by atoms with Crippen LogP contribution in [0.1, 0.15) is 27.2 Å². The first-order chi connectivity index (χ1) is 9.46. The first kappa shape index (κ1) is 18.6. The normalized spacial score (nSPS) is 11.6. The third-order valence-corrected chi connectivity index (χ3v) is 2.33. The molecule has 21 heavy (non-hydrogen) atoms. The molecule has 122 valence electrons. The summed E-state index contributed by atoms with van der Waals surface area (Å²) in [7, 11) is 0. The zero-order valence-corrected chi connectivity index (χ0v) is 11.8. The highest BCUT2D eigenvalue weighted by atomic mass is 17.0. The van der Waals surface area contributed by atoms with Crippen molar-refractivity contribution < 1.29 is 29.8 Å². The Bertz CT molecular complexity index is 347. The summed E-state index contributed by atoms with van der Waals surface area (Å²) >= 11 is 0. The van der Waals surface area contributed by atoms with Crippen molar-refractivity contribution in [3.8, 4) is 0 Å². The van der Waals surface area contributed by atoms with E-state index in [-0.39, 0.29) is 6.42 Å². The summed E-state index contributed by atoms with van der Waals surface area (Å²) in [5, 5.41) is 27.7. The van der Waals surface area contributed by atoms with Gasteiger partial charge in [-0.15, -0.1) is 30.3 Å². The number of nitrogens with zero attached hydrogens (tertiary/aromatic N) is 3. The molecule has 0 aromatic rings. The van der Waals surface area contributed by atoms with Crippen molar-refractivity contribution in [2.45, 2.75) is 27.2 Å². The van der Waals surface area contributed by atoms with Gasteiger partial charge >= 0.3 is 0 Å². The third-order valence-electron chi connectivity index (χ3n) is 2.33. The molecule has 0 aromatic carbocycles. The van der Waals surface area contributed by atoms with Crippen LogP contribution in [-0.4, -0.2) is 35.1 Å². The molecule has 0 saturated carbocycles. The summed E-state index contributed by atoms with van der Waals surface area (Å²) < 4.78 is 0. The van der Waals surface area contributed by atoms with Crippen LogP contribution in [0, 0.1) is 41.2 Å². The molecular formula is C9H17N3O9. The lowest BCUT2D eigenvalue weighted by Gasteiger charge is -2.36. The van der Waals surface area contributed by atoms with E-state index in [1.54, 1.807) is 20.8 Å². The van der Waals surface area contributed by atoms with Gasteiger partial charge < -0.3 is 14.5 Å². The van der Waals surface area contributed by atoms with Crippen LogP contribution in [0.5, 0.6) is 0 Å². The Labute approximate surface area is 119 Å². The molecule has 0 amide bonds. The van der Waals surface area contributed by atoms with Crippen molar-refractivity contribution >= 4 is 0 Å². The van der Waals surface area contributed by atoms with Gasteiger partial charge in [0.15, 0.2) is 0 Å². The minimum atomic E-state index is -1.41. The van der Waals surface area contributed by atoms with Crippen molar-refractivity contribution in [1.82, 2.24) is 0 Å². The molecular weight excluding hydrogens is 294 g/mol. The molecule has 0 saturated heterocycles. The molecule has 0 fully saturated rings. The standard InChI is InChI=1S/C9H17N3O9/c1-8(2,3)4-9(5-19-10(13)14,6-20-11(15)16)7-21-12(17)18/h4-7H2,1-3H3. The van der Waals surface area contributed by atoms with Gasteiger partial charge in [-0.1, -0.05) is 20.8 Å².